The fourth-order valence-electron chi connectivity index (χ4n) is 3.67. The molecule has 0 N–H and O–H groups in total. The van der Waals surface area contributed by atoms with Crippen LogP contribution in [0.1, 0.15) is 32.2 Å². The Labute approximate surface area is 215 Å². The van der Waals surface area contributed by atoms with Crippen LogP contribution in [0.3, 0.4) is 0 Å². The average Bonchev–Trinajstić information content (AvgIpc) is 3.36. The van der Waals surface area contributed by atoms with E-state index in [9.17, 15) is 13.2 Å². The Morgan fingerprint density at radius 2 is 1.73 bits per heavy atom. The standard InChI is InChI=1S/C26H30N4O6S/c1-26(2,3)25(31)36-19-14-21-22(13-17-11-12-29(4)27-17)28-30(16-34-5)24(21)23(15-19)35-18-7-9-20(10-8-18)37(6,32)33/h7-12,14-15H,13,16H2,1-6H3. The fourth-order valence-corrected chi connectivity index (χ4v) is 4.30. The van der Waals surface area contributed by atoms with E-state index in [1.807, 2.05) is 19.3 Å². The molecule has 0 spiro atoms. The first kappa shape index (κ1) is 26.4. The first-order chi connectivity index (χ1) is 17.3. The van der Waals surface area contributed by atoms with Gasteiger partial charge in [0.05, 0.1) is 21.7 Å². The first-order valence-corrected chi connectivity index (χ1v) is 13.5. The van der Waals surface area contributed by atoms with E-state index in [1.165, 1.54) is 12.1 Å². The van der Waals surface area contributed by atoms with E-state index in [0.29, 0.717) is 40.3 Å². The Morgan fingerprint density at radius 3 is 2.30 bits per heavy atom. The van der Waals surface area contributed by atoms with Gasteiger partial charge >= 0.3 is 5.97 Å². The van der Waals surface area contributed by atoms with Gasteiger partial charge in [-0.05, 0) is 57.2 Å². The van der Waals surface area contributed by atoms with Crippen molar-refractivity contribution in [1.29, 1.82) is 0 Å². The van der Waals surface area contributed by atoms with Gasteiger partial charge in [0.25, 0.3) is 0 Å². The Bertz CT molecular complexity index is 1550. The zero-order chi connectivity index (χ0) is 27.0. The predicted molar refractivity (Wildman–Crippen MR) is 137 cm³/mol. The molecule has 2 aromatic carbocycles. The van der Waals surface area contributed by atoms with Gasteiger partial charge in [-0.15, -0.1) is 0 Å². The Hall–Kier alpha value is -3.70. The molecule has 0 saturated heterocycles. The van der Waals surface area contributed by atoms with Crippen molar-refractivity contribution in [2.45, 2.75) is 38.8 Å². The number of carbonyl (C=O) groups is 1. The van der Waals surface area contributed by atoms with E-state index < -0.39 is 21.2 Å². The minimum absolute atomic E-state index is 0.156. The third-order valence-corrected chi connectivity index (χ3v) is 6.66. The number of nitrogens with zero attached hydrogens (tertiary/aromatic N) is 4. The largest absolute Gasteiger partial charge is 0.455 e. The van der Waals surface area contributed by atoms with Crippen molar-refractivity contribution in [2.24, 2.45) is 12.5 Å². The molecule has 10 nitrogen and oxygen atoms in total. The number of methoxy groups -OCH3 is 1. The van der Waals surface area contributed by atoms with Crippen LogP contribution in [-0.2, 0) is 39.6 Å². The normalized spacial score (nSPS) is 12.2. The number of ether oxygens (including phenoxy) is 3. The number of rotatable bonds is 8. The molecule has 4 rings (SSSR count). The van der Waals surface area contributed by atoms with Gasteiger partial charge in [0.2, 0.25) is 0 Å². The van der Waals surface area contributed by atoms with Crippen LogP contribution in [0.2, 0.25) is 0 Å². The zero-order valence-corrected chi connectivity index (χ0v) is 22.5. The predicted octanol–water partition coefficient (Wildman–Crippen LogP) is 4.11. The van der Waals surface area contributed by atoms with E-state index in [4.69, 9.17) is 19.3 Å². The van der Waals surface area contributed by atoms with Crippen LogP contribution in [0.25, 0.3) is 10.9 Å². The summed E-state index contributed by atoms with van der Waals surface area (Å²) in [6.07, 6.45) is 3.44. The quantitative estimate of drug-likeness (QED) is 0.249. The fraction of sp³-hybridized carbons (Fsp3) is 0.346. The maximum atomic E-state index is 12.7. The lowest BCUT2D eigenvalue weighted by Gasteiger charge is -2.17. The number of aromatic nitrogens is 4. The van der Waals surface area contributed by atoms with Gasteiger partial charge in [0.15, 0.2) is 15.6 Å². The number of sulfone groups is 1. The third kappa shape index (κ3) is 6.00. The third-order valence-electron chi connectivity index (χ3n) is 5.53. The van der Waals surface area contributed by atoms with Gasteiger partial charge in [-0.2, -0.15) is 10.2 Å². The second-order valence-electron chi connectivity index (χ2n) is 9.82. The number of fused-ring (bicyclic) bond motifs is 1. The number of hydrogen-bond donors (Lipinski definition) is 0. The second kappa shape index (κ2) is 9.98. The lowest BCUT2D eigenvalue weighted by atomic mass is 9.97. The molecular formula is C26H30N4O6S. The molecule has 0 unspecified atom stereocenters. The second-order valence-corrected chi connectivity index (χ2v) is 11.8. The summed E-state index contributed by atoms with van der Waals surface area (Å²) in [4.78, 5) is 12.9. The molecule has 2 aromatic heterocycles. The van der Waals surface area contributed by atoms with E-state index in [2.05, 4.69) is 5.10 Å². The highest BCUT2D eigenvalue weighted by Crippen LogP contribution is 2.37. The highest BCUT2D eigenvalue weighted by Gasteiger charge is 2.26. The molecule has 11 heteroatoms. The summed E-state index contributed by atoms with van der Waals surface area (Å²) in [7, 11) is 0.0573. The molecule has 0 aliphatic heterocycles. The summed E-state index contributed by atoms with van der Waals surface area (Å²) in [5.74, 6) is 0.683. The maximum absolute atomic E-state index is 12.7. The van der Waals surface area contributed by atoms with E-state index >= 15 is 0 Å². The SMILES string of the molecule is COCn1nc(Cc2ccn(C)n2)c2cc(OC(=O)C(C)(C)C)cc(Oc3ccc(S(C)(=O)=O)cc3)c21. The highest BCUT2D eigenvalue weighted by molar-refractivity contribution is 7.90. The number of esters is 1. The van der Waals surface area contributed by atoms with Crippen LogP contribution in [0.15, 0.2) is 53.6 Å². The van der Waals surface area contributed by atoms with Crippen molar-refractivity contribution in [2.75, 3.05) is 13.4 Å². The number of aryl methyl sites for hydroxylation is 1. The highest BCUT2D eigenvalue weighted by atomic mass is 32.2. The molecule has 0 aliphatic carbocycles. The summed E-state index contributed by atoms with van der Waals surface area (Å²) < 4.78 is 44.4. The summed E-state index contributed by atoms with van der Waals surface area (Å²) in [5.41, 5.74) is 1.45. The average molecular weight is 527 g/mol. The summed E-state index contributed by atoms with van der Waals surface area (Å²) >= 11 is 0. The van der Waals surface area contributed by atoms with Crippen LogP contribution in [0, 0.1) is 5.41 Å². The van der Waals surface area contributed by atoms with E-state index in [1.54, 1.807) is 61.5 Å². The minimum Gasteiger partial charge on any atom is -0.455 e. The summed E-state index contributed by atoms with van der Waals surface area (Å²) in [5, 5.41) is 9.92. The van der Waals surface area contributed by atoms with Crippen molar-refractivity contribution in [3.05, 3.63) is 60.0 Å². The molecule has 0 saturated carbocycles. The molecule has 0 atom stereocenters. The Kier molecular flexibility index (Phi) is 7.11. The topological polar surface area (TPSA) is 115 Å². The smallest absolute Gasteiger partial charge is 0.316 e. The van der Waals surface area contributed by atoms with Gasteiger partial charge in [-0.1, -0.05) is 0 Å². The van der Waals surface area contributed by atoms with Crippen LogP contribution in [-0.4, -0.2) is 47.3 Å². The van der Waals surface area contributed by atoms with Crippen molar-refractivity contribution in [1.82, 2.24) is 19.6 Å². The van der Waals surface area contributed by atoms with Crippen LogP contribution in [0.5, 0.6) is 17.2 Å². The molecule has 196 valence electrons. The van der Waals surface area contributed by atoms with Crippen LogP contribution in [0.4, 0.5) is 0 Å². The van der Waals surface area contributed by atoms with Gasteiger partial charge < -0.3 is 14.2 Å². The molecule has 0 aliphatic rings. The summed E-state index contributed by atoms with van der Waals surface area (Å²) in [6, 6.07) is 11.4. The van der Waals surface area contributed by atoms with Gasteiger partial charge in [-0.25, -0.2) is 13.1 Å². The molecule has 2 heterocycles. The molecule has 0 bridgehead atoms. The Morgan fingerprint density at radius 1 is 1.03 bits per heavy atom. The minimum atomic E-state index is -3.35. The molecule has 37 heavy (non-hydrogen) atoms. The molecule has 0 radical (unpaired) electrons. The van der Waals surface area contributed by atoms with Crippen LogP contribution < -0.4 is 9.47 Å². The first-order valence-electron chi connectivity index (χ1n) is 11.6. The lowest BCUT2D eigenvalue weighted by Crippen LogP contribution is -2.25. The molecule has 0 fully saturated rings. The number of carbonyl (C=O) groups excluding carboxylic acids is 1. The maximum Gasteiger partial charge on any atom is 0.316 e. The molecule has 4 aromatic rings. The van der Waals surface area contributed by atoms with Gasteiger partial charge in [-0.3, -0.25) is 9.48 Å². The van der Waals surface area contributed by atoms with Crippen molar-refractivity contribution in [3.63, 3.8) is 0 Å². The monoisotopic (exact) mass is 526 g/mol. The number of benzene rings is 2. The summed E-state index contributed by atoms with van der Waals surface area (Å²) in [6.45, 7) is 5.48. The molecule has 0 amide bonds. The van der Waals surface area contributed by atoms with E-state index in [-0.39, 0.29) is 11.6 Å². The number of hydrogen-bond acceptors (Lipinski definition) is 8. The Balaban J connectivity index is 1.85. The van der Waals surface area contributed by atoms with Crippen LogP contribution >= 0.6 is 0 Å². The lowest BCUT2D eigenvalue weighted by molar-refractivity contribution is -0.142. The van der Waals surface area contributed by atoms with Crippen molar-refractivity contribution >= 4 is 26.7 Å². The van der Waals surface area contributed by atoms with E-state index in [0.717, 1.165) is 11.9 Å². The molecular weight excluding hydrogens is 496 g/mol. The van der Waals surface area contributed by atoms with Gasteiger partial charge in [0.1, 0.15) is 23.7 Å². The zero-order valence-electron chi connectivity index (χ0n) is 21.7. The van der Waals surface area contributed by atoms with Gasteiger partial charge in [0, 0.05) is 44.5 Å². The van der Waals surface area contributed by atoms with Crippen molar-refractivity contribution in [3.8, 4) is 17.2 Å². The van der Waals surface area contributed by atoms with Crippen molar-refractivity contribution < 1.29 is 27.4 Å².